The molecule has 0 saturated carbocycles. The molecule has 4 rings (SSSR count). The van der Waals surface area contributed by atoms with E-state index in [1.807, 2.05) is 31.4 Å². The normalized spacial score (nSPS) is 15.1. The van der Waals surface area contributed by atoms with Crippen LogP contribution in [0.2, 0.25) is 5.02 Å². The summed E-state index contributed by atoms with van der Waals surface area (Å²) < 4.78 is 2.09. The second-order valence-electron chi connectivity index (χ2n) is 7.71. The van der Waals surface area contributed by atoms with Crippen molar-refractivity contribution in [1.82, 2.24) is 9.47 Å². The molecule has 0 aliphatic carbocycles. The number of benzene rings is 2. The fourth-order valence-electron chi connectivity index (χ4n) is 3.77. The molecule has 1 fully saturated rings. The molecule has 1 amide bonds. The van der Waals surface area contributed by atoms with Crippen LogP contribution in [0.15, 0.2) is 64.5 Å². The number of aromatic nitrogens is 1. The predicted molar refractivity (Wildman–Crippen MR) is 124 cm³/mol. The van der Waals surface area contributed by atoms with Crippen molar-refractivity contribution >= 4 is 52.2 Å². The highest BCUT2D eigenvalue weighted by Gasteiger charge is 2.25. The molecule has 7 heteroatoms. The SMILES string of the molecule is Cn1ccc2cc(Sc3ccc(C=CC(=O)N4CCC(C(=O)O)CC4)cc3Cl)ccc21. The lowest BCUT2D eigenvalue weighted by Crippen LogP contribution is -2.39. The molecule has 2 heterocycles. The van der Waals surface area contributed by atoms with Crippen LogP contribution in [0, 0.1) is 5.92 Å². The summed E-state index contributed by atoms with van der Waals surface area (Å²) in [6.07, 6.45) is 6.33. The number of carbonyl (C=O) groups excluding carboxylic acids is 1. The van der Waals surface area contributed by atoms with Gasteiger partial charge in [0.1, 0.15) is 0 Å². The molecular formula is C24H23ClN2O3S. The third-order valence-electron chi connectivity index (χ3n) is 5.61. The van der Waals surface area contributed by atoms with E-state index in [-0.39, 0.29) is 11.8 Å². The lowest BCUT2D eigenvalue weighted by Gasteiger charge is -2.29. The minimum atomic E-state index is -0.779. The third kappa shape index (κ3) is 4.97. The predicted octanol–water partition coefficient (Wildman–Crippen LogP) is 5.32. The van der Waals surface area contributed by atoms with Crippen LogP contribution in [0.4, 0.5) is 0 Å². The zero-order valence-corrected chi connectivity index (χ0v) is 18.7. The summed E-state index contributed by atoms with van der Waals surface area (Å²) in [6, 6.07) is 14.2. The number of aliphatic carboxylic acids is 1. The average Bonchev–Trinajstić information content (AvgIpc) is 3.14. The van der Waals surface area contributed by atoms with Crippen molar-refractivity contribution in [3.8, 4) is 0 Å². The van der Waals surface area contributed by atoms with Crippen molar-refractivity contribution in [3.63, 3.8) is 0 Å². The van der Waals surface area contributed by atoms with E-state index in [0.717, 1.165) is 15.4 Å². The number of hydrogen-bond acceptors (Lipinski definition) is 3. The lowest BCUT2D eigenvalue weighted by atomic mass is 9.97. The highest BCUT2D eigenvalue weighted by Crippen LogP contribution is 2.35. The van der Waals surface area contributed by atoms with Crippen LogP contribution in [0.3, 0.4) is 0 Å². The Hall–Kier alpha value is -2.70. The van der Waals surface area contributed by atoms with Crippen LogP contribution in [0.1, 0.15) is 18.4 Å². The Kier molecular flexibility index (Phi) is 6.39. The molecule has 0 atom stereocenters. The van der Waals surface area contributed by atoms with Crippen molar-refractivity contribution in [2.75, 3.05) is 13.1 Å². The van der Waals surface area contributed by atoms with Gasteiger partial charge in [0.05, 0.1) is 10.9 Å². The number of carboxylic acids is 1. The summed E-state index contributed by atoms with van der Waals surface area (Å²) in [4.78, 5) is 27.2. The summed E-state index contributed by atoms with van der Waals surface area (Å²) in [5, 5.41) is 10.9. The van der Waals surface area contributed by atoms with Gasteiger partial charge in [0.25, 0.3) is 0 Å². The first kappa shape index (κ1) is 21.5. The molecule has 1 aromatic heterocycles. The van der Waals surface area contributed by atoms with Gasteiger partial charge in [0.15, 0.2) is 0 Å². The molecule has 160 valence electrons. The van der Waals surface area contributed by atoms with Gasteiger partial charge < -0.3 is 14.6 Å². The minimum Gasteiger partial charge on any atom is -0.481 e. The van der Waals surface area contributed by atoms with Gasteiger partial charge in [-0.1, -0.05) is 29.4 Å². The molecule has 5 nitrogen and oxygen atoms in total. The Balaban J connectivity index is 1.40. The Morgan fingerprint density at radius 1 is 1.13 bits per heavy atom. The third-order valence-corrected chi connectivity index (χ3v) is 7.10. The van der Waals surface area contributed by atoms with Crippen LogP contribution in [0.5, 0.6) is 0 Å². The highest BCUT2D eigenvalue weighted by molar-refractivity contribution is 7.99. The smallest absolute Gasteiger partial charge is 0.306 e. The molecule has 0 spiro atoms. The summed E-state index contributed by atoms with van der Waals surface area (Å²) in [5.74, 6) is -1.23. The van der Waals surface area contributed by atoms with Crippen molar-refractivity contribution < 1.29 is 14.7 Å². The molecule has 1 N–H and O–H groups in total. The topological polar surface area (TPSA) is 62.5 Å². The maximum Gasteiger partial charge on any atom is 0.306 e. The van der Waals surface area contributed by atoms with Gasteiger partial charge >= 0.3 is 5.97 Å². The number of halogens is 1. The molecule has 1 aliphatic heterocycles. The summed E-state index contributed by atoms with van der Waals surface area (Å²) in [5.41, 5.74) is 2.04. The number of hydrogen-bond donors (Lipinski definition) is 1. The van der Waals surface area contributed by atoms with Crippen molar-refractivity contribution in [1.29, 1.82) is 0 Å². The first-order valence-corrected chi connectivity index (χ1v) is 11.3. The van der Waals surface area contributed by atoms with E-state index >= 15 is 0 Å². The van der Waals surface area contributed by atoms with Gasteiger partial charge in [0, 0.05) is 53.1 Å². The number of aryl methyl sites for hydroxylation is 1. The summed E-state index contributed by atoms with van der Waals surface area (Å²) >= 11 is 8.11. The van der Waals surface area contributed by atoms with E-state index in [1.54, 1.807) is 22.7 Å². The number of carbonyl (C=O) groups is 2. The fourth-order valence-corrected chi connectivity index (χ4v) is 4.95. The molecule has 3 aromatic rings. The maximum absolute atomic E-state index is 12.4. The lowest BCUT2D eigenvalue weighted by molar-refractivity contribution is -0.144. The molecule has 0 radical (unpaired) electrons. The van der Waals surface area contributed by atoms with Gasteiger partial charge in [-0.15, -0.1) is 0 Å². The molecule has 2 aromatic carbocycles. The fraction of sp³-hybridized carbons (Fsp3) is 0.250. The number of fused-ring (bicyclic) bond motifs is 1. The number of nitrogens with zero attached hydrogens (tertiary/aromatic N) is 2. The Morgan fingerprint density at radius 2 is 1.90 bits per heavy atom. The average molecular weight is 455 g/mol. The first-order chi connectivity index (χ1) is 14.9. The van der Waals surface area contributed by atoms with Crippen molar-refractivity contribution in [2.45, 2.75) is 22.6 Å². The summed E-state index contributed by atoms with van der Waals surface area (Å²) in [7, 11) is 2.03. The van der Waals surface area contributed by atoms with Gasteiger partial charge in [-0.05, 0) is 60.9 Å². The van der Waals surface area contributed by atoms with Crippen LogP contribution < -0.4 is 0 Å². The first-order valence-electron chi connectivity index (χ1n) is 10.1. The molecular weight excluding hydrogens is 432 g/mol. The van der Waals surface area contributed by atoms with Gasteiger partial charge in [-0.25, -0.2) is 0 Å². The Bertz CT molecular complexity index is 1160. The minimum absolute atomic E-state index is 0.102. The Morgan fingerprint density at radius 3 is 2.61 bits per heavy atom. The molecule has 1 saturated heterocycles. The molecule has 0 unspecified atom stereocenters. The highest BCUT2D eigenvalue weighted by atomic mass is 35.5. The summed E-state index contributed by atoms with van der Waals surface area (Å²) in [6.45, 7) is 0.949. The van der Waals surface area contributed by atoms with Gasteiger partial charge in [-0.2, -0.15) is 0 Å². The number of piperidine rings is 1. The largest absolute Gasteiger partial charge is 0.481 e. The number of rotatable bonds is 5. The van der Waals surface area contributed by atoms with E-state index in [1.165, 1.54) is 17.0 Å². The van der Waals surface area contributed by atoms with E-state index in [2.05, 4.69) is 28.8 Å². The standard InChI is InChI=1S/C24H23ClN2O3S/c1-26-11-8-18-15-19(4-5-21(18)26)31-22-6-2-16(14-20(22)25)3-7-23(28)27-12-9-17(10-13-27)24(29)30/h2-8,11,14-15,17H,9-10,12-13H2,1H3,(H,29,30). The van der Waals surface area contributed by atoms with Crippen molar-refractivity contribution in [3.05, 3.63) is 65.3 Å². The molecule has 1 aliphatic rings. The Labute approximate surface area is 190 Å². The number of carboxylic acid groups (broad SMARTS) is 1. The van der Waals surface area contributed by atoms with Crippen LogP contribution >= 0.6 is 23.4 Å². The van der Waals surface area contributed by atoms with Crippen molar-refractivity contribution in [2.24, 2.45) is 13.0 Å². The second-order valence-corrected chi connectivity index (χ2v) is 9.23. The van der Waals surface area contributed by atoms with Crippen LogP contribution in [-0.4, -0.2) is 39.5 Å². The van der Waals surface area contributed by atoms with E-state index in [0.29, 0.717) is 31.0 Å². The molecule has 31 heavy (non-hydrogen) atoms. The quantitative estimate of drug-likeness (QED) is 0.530. The zero-order chi connectivity index (χ0) is 22.0. The van der Waals surface area contributed by atoms with E-state index < -0.39 is 5.97 Å². The monoisotopic (exact) mass is 454 g/mol. The van der Waals surface area contributed by atoms with E-state index in [4.69, 9.17) is 16.7 Å². The van der Waals surface area contributed by atoms with E-state index in [9.17, 15) is 9.59 Å². The van der Waals surface area contributed by atoms with Crippen LogP contribution in [0.25, 0.3) is 17.0 Å². The number of likely N-dealkylation sites (tertiary alicyclic amines) is 1. The maximum atomic E-state index is 12.4. The van der Waals surface area contributed by atoms with Gasteiger partial charge in [-0.3, -0.25) is 9.59 Å². The molecule has 0 bridgehead atoms. The zero-order valence-electron chi connectivity index (χ0n) is 17.1. The van der Waals surface area contributed by atoms with Crippen LogP contribution in [-0.2, 0) is 16.6 Å². The van der Waals surface area contributed by atoms with Gasteiger partial charge in [0.2, 0.25) is 5.91 Å². The number of amides is 1. The second kappa shape index (κ2) is 9.20.